The first-order valence-electron chi connectivity index (χ1n) is 10.6. The molecule has 0 unspecified atom stereocenters. The normalized spacial score (nSPS) is 24.0. The van der Waals surface area contributed by atoms with Gasteiger partial charge >= 0.3 is 6.03 Å². The van der Waals surface area contributed by atoms with Crippen LogP contribution in [0.15, 0.2) is 48.5 Å². The van der Waals surface area contributed by atoms with E-state index in [1.165, 1.54) is 23.5 Å². The molecule has 0 aromatic heterocycles. The van der Waals surface area contributed by atoms with E-state index in [9.17, 15) is 19.6 Å². The predicted octanol–water partition coefficient (Wildman–Crippen LogP) is 4.19. The zero-order valence-corrected chi connectivity index (χ0v) is 16.8. The van der Waals surface area contributed by atoms with Gasteiger partial charge in [0.1, 0.15) is 11.9 Å². The first-order chi connectivity index (χ1) is 14.6. The van der Waals surface area contributed by atoms with Crippen molar-refractivity contribution in [2.24, 2.45) is 0 Å². The number of carbonyl (C=O) groups is 1. The molecule has 5 nitrogen and oxygen atoms in total. The largest absolute Gasteiger partial charge is 0.394 e. The van der Waals surface area contributed by atoms with Gasteiger partial charge in [-0.2, -0.15) is 5.26 Å². The average Bonchev–Trinajstić information content (AvgIpc) is 2.75. The number of urea groups is 1. The van der Waals surface area contributed by atoms with E-state index in [0.717, 1.165) is 42.4 Å². The van der Waals surface area contributed by atoms with Crippen molar-refractivity contribution >= 4 is 6.03 Å². The Hall–Kier alpha value is -2.91. The summed E-state index contributed by atoms with van der Waals surface area (Å²) in [6.07, 6.45) is 5.31. The molecule has 1 saturated carbocycles. The summed E-state index contributed by atoms with van der Waals surface area (Å²) < 4.78 is 13.4. The highest BCUT2D eigenvalue weighted by Crippen LogP contribution is 2.44. The number of halogens is 1. The Balaban J connectivity index is 1.60. The number of benzene rings is 2. The molecule has 1 aliphatic carbocycles. The van der Waals surface area contributed by atoms with E-state index >= 15 is 0 Å². The summed E-state index contributed by atoms with van der Waals surface area (Å²) >= 11 is 0. The van der Waals surface area contributed by atoms with Crippen LogP contribution in [0.3, 0.4) is 0 Å². The molecule has 0 spiro atoms. The van der Waals surface area contributed by atoms with Crippen LogP contribution in [0.1, 0.15) is 43.6 Å². The molecule has 1 aliphatic heterocycles. The minimum Gasteiger partial charge on any atom is -0.394 e. The van der Waals surface area contributed by atoms with Gasteiger partial charge in [0.15, 0.2) is 0 Å². The standard InChI is InChI=1S/C24H26FN3O2/c25-17-12-10-16(11-13-17)19-8-4-5-9-20(19)23-21(14-26)28(22(23)15-29)24(30)27-18-6-2-1-3-7-18/h4-5,8-13,18,21-23,29H,1-3,6-7,15H2,(H,27,30)/t21-,22-,23-/m0/s1. The van der Waals surface area contributed by atoms with Gasteiger partial charge in [-0.3, -0.25) is 0 Å². The number of aliphatic hydroxyl groups excluding tert-OH is 1. The van der Waals surface area contributed by atoms with E-state index in [1.807, 2.05) is 24.3 Å². The maximum Gasteiger partial charge on any atom is 0.319 e. The topological polar surface area (TPSA) is 76.4 Å². The molecule has 30 heavy (non-hydrogen) atoms. The van der Waals surface area contributed by atoms with Crippen molar-refractivity contribution < 1.29 is 14.3 Å². The van der Waals surface area contributed by atoms with Crippen LogP contribution in [-0.2, 0) is 0 Å². The number of aliphatic hydroxyl groups is 1. The number of rotatable bonds is 4. The van der Waals surface area contributed by atoms with Crippen molar-refractivity contribution in [3.8, 4) is 17.2 Å². The van der Waals surface area contributed by atoms with E-state index in [4.69, 9.17) is 0 Å². The van der Waals surface area contributed by atoms with Gasteiger partial charge in [-0.15, -0.1) is 0 Å². The number of hydrogen-bond donors (Lipinski definition) is 2. The van der Waals surface area contributed by atoms with E-state index < -0.39 is 12.1 Å². The molecule has 2 aromatic rings. The summed E-state index contributed by atoms with van der Waals surface area (Å²) in [6, 6.07) is 14.8. The highest BCUT2D eigenvalue weighted by Gasteiger charge is 2.52. The molecule has 2 amide bonds. The summed E-state index contributed by atoms with van der Waals surface area (Å²) in [5.74, 6) is -0.619. The average molecular weight is 407 g/mol. The molecule has 2 fully saturated rings. The minimum absolute atomic E-state index is 0.135. The van der Waals surface area contributed by atoms with Gasteiger partial charge < -0.3 is 15.3 Å². The summed E-state index contributed by atoms with van der Waals surface area (Å²) in [7, 11) is 0. The third-order valence-corrected chi connectivity index (χ3v) is 6.37. The summed E-state index contributed by atoms with van der Waals surface area (Å²) in [5.41, 5.74) is 2.61. The van der Waals surface area contributed by atoms with Gasteiger partial charge in [0.2, 0.25) is 0 Å². The molecule has 2 aromatic carbocycles. The van der Waals surface area contributed by atoms with Crippen molar-refractivity contribution in [1.29, 1.82) is 5.26 Å². The Morgan fingerprint density at radius 3 is 2.50 bits per heavy atom. The van der Waals surface area contributed by atoms with Crippen molar-refractivity contribution in [1.82, 2.24) is 10.2 Å². The van der Waals surface area contributed by atoms with Crippen molar-refractivity contribution in [2.45, 2.75) is 56.1 Å². The lowest BCUT2D eigenvalue weighted by atomic mass is 9.73. The maximum atomic E-state index is 13.4. The molecule has 156 valence electrons. The predicted molar refractivity (Wildman–Crippen MR) is 112 cm³/mol. The molecule has 1 heterocycles. The molecule has 3 atom stereocenters. The first kappa shape index (κ1) is 20.4. The fourth-order valence-corrected chi connectivity index (χ4v) is 4.84. The van der Waals surface area contributed by atoms with Crippen LogP contribution < -0.4 is 5.32 Å². The molecule has 0 radical (unpaired) electrons. The van der Waals surface area contributed by atoms with Gasteiger partial charge in [0.05, 0.1) is 18.7 Å². The minimum atomic E-state index is -0.660. The van der Waals surface area contributed by atoms with Crippen LogP contribution in [0.4, 0.5) is 9.18 Å². The second kappa shape index (κ2) is 8.85. The van der Waals surface area contributed by atoms with E-state index in [-0.39, 0.29) is 30.4 Å². The summed E-state index contributed by atoms with van der Waals surface area (Å²) in [4.78, 5) is 14.4. The fraction of sp³-hybridized carbons (Fsp3) is 0.417. The van der Waals surface area contributed by atoms with Gasteiger partial charge in [-0.25, -0.2) is 9.18 Å². The Bertz CT molecular complexity index is 934. The number of nitrogens with one attached hydrogen (secondary N) is 1. The van der Waals surface area contributed by atoms with Crippen LogP contribution in [-0.4, -0.2) is 40.8 Å². The second-order valence-corrected chi connectivity index (χ2v) is 8.14. The number of likely N-dealkylation sites (tertiary alicyclic amines) is 1. The van der Waals surface area contributed by atoms with E-state index in [1.54, 1.807) is 12.1 Å². The summed E-state index contributed by atoms with van der Waals surface area (Å²) in [6.45, 7) is -0.224. The summed E-state index contributed by atoms with van der Waals surface area (Å²) in [5, 5.41) is 23.0. The molecule has 1 saturated heterocycles. The van der Waals surface area contributed by atoms with E-state index in [2.05, 4.69) is 11.4 Å². The van der Waals surface area contributed by atoms with Crippen LogP contribution in [0.5, 0.6) is 0 Å². The van der Waals surface area contributed by atoms with Crippen molar-refractivity contribution in [3.05, 3.63) is 59.9 Å². The van der Waals surface area contributed by atoms with Crippen LogP contribution in [0, 0.1) is 17.1 Å². The third kappa shape index (κ3) is 3.78. The first-order valence-corrected chi connectivity index (χ1v) is 10.6. The zero-order valence-electron chi connectivity index (χ0n) is 16.8. The lowest BCUT2D eigenvalue weighted by Gasteiger charge is -2.52. The second-order valence-electron chi connectivity index (χ2n) is 8.14. The Kier molecular flexibility index (Phi) is 6.01. The number of amides is 2. The van der Waals surface area contributed by atoms with Crippen LogP contribution in [0.2, 0.25) is 0 Å². The molecular weight excluding hydrogens is 381 g/mol. The van der Waals surface area contributed by atoms with Gasteiger partial charge in [-0.05, 0) is 41.7 Å². The lowest BCUT2D eigenvalue weighted by Crippen LogP contribution is -2.68. The Labute approximate surface area is 176 Å². The fourth-order valence-electron chi connectivity index (χ4n) is 4.84. The Morgan fingerprint density at radius 2 is 1.83 bits per heavy atom. The molecule has 4 rings (SSSR count). The molecule has 2 N–H and O–H groups in total. The van der Waals surface area contributed by atoms with Crippen LogP contribution in [0.25, 0.3) is 11.1 Å². The smallest absolute Gasteiger partial charge is 0.319 e. The molecular formula is C24H26FN3O2. The number of nitrogens with zero attached hydrogens (tertiary/aromatic N) is 2. The lowest BCUT2D eigenvalue weighted by molar-refractivity contribution is 0.0155. The van der Waals surface area contributed by atoms with Crippen LogP contribution >= 0.6 is 0 Å². The SMILES string of the molecule is N#C[C@H]1[C@H](c2ccccc2-c2ccc(F)cc2)[C@H](CO)N1C(=O)NC1CCCCC1. The Morgan fingerprint density at radius 1 is 1.13 bits per heavy atom. The van der Waals surface area contributed by atoms with Gasteiger partial charge in [0, 0.05) is 12.0 Å². The number of nitriles is 1. The highest BCUT2D eigenvalue weighted by molar-refractivity contribution is 5.79. The number of hydrogen-bond acceptors (Lipinski definition) is 3. The molecule has 6 heteroatoms. The molecule has 0 bridgehead atoms. The third-order valence-electron chi connectivity index (χ3n) is 6.37. The highest BCUT2D eigenvalue weighted by atomic mass is 19.1. The van der Waals surface area contributed by atoms with Crippen molar-refractivity contribution in [2.75, 3.05) is 6.61 Å². The van der Waals surface area contributed by atoms with E-state index in [0.29, 0.717) is 0 Å². The molecule has 2 aliphatic rings. The quantitative estimate of drug-likeness (QED) is 0.798. The van der Waals surface area contributed by atoms with Crippen molar-refractivity contribution in [3.63, 3.8) is 0 Å². The number of carbonyl (C=O) groups excluding carboxylic acids is 1. The maximum absolute atomic E-state index is 13.4. The zero-order chi connectivity index (χ0) is 21.1. The monoisotopic (exact) mass is 407 g/mol. The van der Waals surface area contributed by atoms with Gasteiger partial charge in [-0.1, -0.05) is 55.7 Å². The van der Waals surface area contributed by atoms with Gasteiger partial charge in [0.25, 0.3) is 0 Å².